The molecule has 1 aromatic carbocycles. The van der Waals surface area contributed by atoms with E-state index in [0.29, 0.717) is 11.1 Å². The van der Waals surface area contributed by atoms with Gasteiger partial charge < -0.3 is 21.0 Å². The Kier molecular flexibility index (Phi) is 6.65. The summed E-state index contributed by atoms with van der Waals surface area (Å²) in [6, 6.07) is 5.09. The number of fused-ring (bicyclic) bond motifs is 1. The lowest BCUT2D eigenvalue weighted by molar-refractivity contribution is -0.150. The Balaban J connectivity index is 1.54. The summed E-state index contributed by atoms with van der Waals surface area (Å²) >= 11 is 2.39. The van der Waals surface area contributed by atoms with E-state index >= 15 is 0 Å². The van der Waals surface area contributed by atoms with Crippen LogP contribution in [0.4, 0.5) is 9.52 Å². The lowest BCUT2D eigenvalue weighted by atomic mass is 10.0. The van der Waals surface area contributed by atoms with Crippen LogP contribution in [0.15, 0.2) is 52.1 Å². The number of carboxylic acid groups (broad SMARTS) is 1. The molecule has 2 aromatic rings. The predicted octanol–water partition coefficient (Wildman–Crippen LogP) is 1.67. The fourth-order valence-corrected chi connectivity index (χ4v) is 5.34. The lowest BCUT2D eigenvalue weighted by Crippen LogP contribution is -2.71. The van der Waals surface area contributed by atoms with Gasteiger partial charge in [0.15, 0.2) is 10.8 Å². The Morgan fingerprint density at radius 1 is 1.38 bits per heavy atom. The second kappa shape index (κ2) is 9.65. The number of benzene rings is 1. The molecule has 4 rings (SSSR count). The third kappa shape index (κ3) is 4.39. The Bertz CT molecular complexity index is 1260. The van der Waals surface area contributed by atoms with E-state index in [1.807, 2.05) is 0 Å². The number of allylic oxidation sites excluding steroid dienone is 1. The summed E-state index contributed by atoms with van der Waals surface area (Å²) in [6.07, 6.45) is 2.95. The van der Waals surface area contributed by atoms with E-state index in [9.17, 15) is 23.9 Å². The molecule has 2 atom stereocenters. The summed E-state index contributed by atoms with van der Waals surface area (Å²) in [5.74, 6) is -2.80. The van der Waals surface area contributed by atoms with Crippen molar-refractivity contribution in [2.75, 3.05) is 18.6 Å². The van der Waals surface area contributed by atoms with Crippen LogP contribution in [0.25, 0.3) is 6.08 Å². The molecule has 1 aromatic heterocycles. The van der Waals surface area contributed by atoms with E-state index in [0.717, 1.165) is 16.2 Å². The molecule has 1 unspecified atom stereocenters. The van der Waals surface area contributed by atoms with Gasteiger partial charge in [-0.15, -0.1) is 23.1 Å². The van der Waals surface area contributed by atoms with Crippen molar-refractivity contribution in [3.05, 3.63) is 64.1 Å². The van der Waals surface area contributed by atoms with Gasteiger partial charge in [0, 0.05) is 16.7 Å². The maximum atomic E-state index is 13.9. The number of anilines is 1. The molecule has 0 saturated carbocycles. The molecule has 4 N–H and O–H groups in total. The Labute approximate surface area is 201 Å². The summed E-state index contributed by atoms with van der Waals surface area (Å²) < 4.78 is 13.9. The summed E-state index contributed by atoms with van der Waals surface area (Å²) in [5.41, 5.74) is 6.09. The van der Waals surface area contributed by atoms with Gasteiger partial charge in [-0.25, -0.2) is 14.2 Å². The van der Waals surface area contributed by atoms with Crippen molar-refractivity contribution in [3.63, 3.8) is 0 Å². The fourth-order valence-electron chi connectivity index (χ4n) is 3.47. The first-order valence-corrected chi connectivity index (χ1v) is 11.7. The number of β-lactam (4-membered cyclic amide) rings is 1. The van der Waals surface area contributed by atoms with Crippen LogP contribution in [0.2, 0.25) is 0 Å². The topological polar surface area (TPSA) is 147 Å². The minimum Gasteiger partial charge on any atom is -0.477 e. The van der Waals surface area contributed by atoms with Crippen molar-refractivity contribution in [3.8, 4) is 0 Å². The number of hydrogen-bond acceptors (Lipinski definition) is 9. The normalized spacial score (nSPS) is 20.2. The second-order valence-electron chi connectivity index (χ2n) is 7.09. The average molecular weight is 504 g/mol. The van der Waals surface area contributed by atoms with Crippen molar-refractivity contribution >= 4 is 57.8 Å². The van der Waals surface area contributed by atoms with Gasteiger partial charge in [0.1, 0.15) is 35.7 Å². The number of aliphatic carboxylic acids is 1. The van der Waals surface area contributed by atoms with E-state index in [1.54, 1.807) is 18.2 Å². The predicted molar refractivity (Wildman–Crippen MR) is 125 cm³/mol. The van der Waals surface area contributed by atoms with Crippen molar-refractivity contribution in [2.24, 2.45) is 5.16 Å². The first kappa shape index (κ1) is 23.4. The van der Waals surface area contributed by atoms with Gasteiger partial charge >= 0.3 is 5.97 Å². The molecule has 0 spiro atoms. The quantitative estimate of drug-likeness (QED) is 0.294. The summed E-state index contributed by atoms with van der Waals surface area (Å²) in [7, 11) is 1.26. The smallest absolute Gasteiger partial charge is 0.352 e. The zero-order valence-electron chi connectivity index (χ0n) is 17.6. The highest BCUT2D eigenvalue weighted by Crippen LogP contribution is 2.40. The molecule has 2 aliphatic heterocycles. The van der Waals surface area contributed by atoms with Gasteiger partial charge in [-0.05, 0) is 11.6 Å². The lowest BCUT2D eigenvalue weighted by Gasteiger charge is -2.49. The molecule has 3 heterocycles. The number of nitrogen functional groups attached to an aromatic ring is 1. The number of thiazole rings is 1. The molecular formula is C21H18FN5O5S2. The number of thioether (sulfide) groups is 1. The maximum absolute atomic E-state index is 13.9. The van der Waals surface area contributed by atoms with Crippen LogP contribution in [-0.2, 0) is 19.2 Å². The number of aromatic nitrogens is 1. The number of hydrogen-bond donors (Lipinski definition) is 3. The van der Waals surface area contributed by atoms with Crippen LogP contribution in [0.5, 0.6) is 0 Å². The Morgan fingerprint density at radius 3 is 2.79 bits per heavy atom. The van der Waals surface area contributed by atoms with Crippen LogP contribution >= 0.6 is 23.1 Å². The number of nitrogens with two attached hydrogens (primary N) is 1. The molecule has 176 valence electrons. The zero-order valence-corrected chi connectivity index (χ0v) is 19.2. The van der Waals surface area contributed by atoms with Crippen LogP contribution in [0.1, 0.15) is 11.3 Å². The van der Waals surface area contributed by atoms with E-state index in [-0.39, 0.29) is 28.0 Å². The van der Waals surface area contributed by atoms with Gasteiger partial charge in [-0.2, -0.15) is 0 Å². The van der Waals surface area contributed by atoms with Crippen molar-refractivity contribution in [2.45, 2.75) is 11.4 Å². The number of nitrogens with zero attached hydrogens (tertiary/aromatic N) is 3. The summed E-state index contributed by atoms with van der Waals surface area (Å²) in [4.78, 5) is 47.5. The number of carbonyl (C=O) groups is 3. The van der Waals surface area contributed by atoms with Gasteiger partial charge in [0.05, 0.1) is 0 Å². The number of rotatable bonds is 7. The van der Waals surface area contributed by atoms with E-state index in [1.165, 1.54) is 42.5 Å². The standard InChI is InChI=1S/C21H18FN5O5S2/c1-32-26-14(13-9-34-21(23)24-13)17(28)25-15-18(29)27-16(20(30)31)11(8-33-19(15)27)7-6-10-4-2-3-5-12(10)22/h2-7,9,15,19H,8H2,1H3,(H2,23,24)(H,25,28)(H,30,31)/t15?,19-/m1/s1. The number of oxime groups is 1. The third-order valence-electron chi connectivity index (χ3n) is 5.02. The molecule has 2 amide bonds. The van der Waals surface area contributed by atoms with Gasteiger partial charge in [0.2, 0.25) is 0 Å². The van der Waals surface area contributed by atoms with Crippen LogP contribution in [0.3, 0.4) is 0 Å². The molecular weight excluding hydrogens is 485 g/mol. The molecule has 1 saturated heterocycles. The SMILES string of the molecule is CON=C(C(=O)NC1C(=O)N2C(C(=O)O)=C(C=Cc3ccccc3F)CS[C@H]12)c1csc(N)n1. The molecule has 0 bridgehead atoms. The second-order valence-corrected chi connectivity index (χ2v) is 9.08. The fraction of sp³-hybridized carbons (Fsp3) is 0.190. The molecule has 0 radical (unpaired) electrons. The molecule has 1 fully saturated rings. The minimum absolute atomic E-state index is 0.162. The molecule has 0 aliphatic carbocycles. The van der Waals surface area contributed by atoms with E-state index in [2.05, 4.69) is 15.5 Å². The highest BCUT2D eigenvalue weighted by Gasteiger charge is 2.54. The Morgan fingerprint density at radius 2 is 2.15 bits per heavy atom. The Hall–Kier alpha value is -3.71. The minimum atomic E-state index is -1.30. The number of nitrogens with one attached hydrogen (secondary N) is 1. The molecule has 10 nitrogen and oxygen atoms in total. The van der Waals surface area contributed by atoms with Gasteiger partial charge in [0.25, 0.3) is 11.8 Å². The van der Waals surface area contributed by atoms with Gasteiger partial charge in [-0.1, -0.05) is 35.5 Å². The third-order valence-corrected chi connectivity index (χ3v) is 6.99. The van der Waals surface area contributed by atoms with Crippen molar-refractivity contribution in [1.82, 2.24) is 15.2 Å². The average Bonchev–Trinajstić information content (AvgIpc) is 3.25. The largest absolute Gasteiger partial charge is 0.477 e. The molecule has 13 heteroatoms. The number of halogens is 1. The van der Waals surface area contributed by atoms with Crippen LogP contribution in [-0.4, -0.2) is 62.8 Å². The number of amides is 2. The molecule has 34 heavy (non-hydrogen) atoms. The molecule has 2 aliphatic rings. The zero-order chi connectivity index (χ0) is 24.4. The first-order chi connectivity index (χ1) is 16.3. The van der Waals surface area contributed by atoms with Crippen LogP contribution in [0, 0.1) is 5.82 Å². The van der Waals surface area contributed by atoms with Crippen molar-refractivity contribution in [1.29, 1.82) is 0 Å². The highest BCUT2D eigenvalue weighted by molar-refractivity contribution is 8.00. The monoisotopic (exact) mass is 503 g/mol. The number of carbonyl (C=O) groups excluding carboxylic acids is 2. The van der Waals surface area contributed by atoms with Crippen molar-refractivity contribution < 1.29 is 28.7 Å². The van der Waals surface area contributed by atoms with E-state index in [4.69, 9.17) is 10.6 Å². The maximum Gasteiger partial charge on any atom is 0.352 e. The summed E-state index contributed by atoms with van der Waals surface area (Å²) in [6.45, 7) is 0. The highest BCUT2D eigenvalue weighted by atomic mass is 32.2. The van der Waals surface area contributed by atoms with Gasteiger partial charge in [-0.3, -0.25) is 14.5 Å². The summed E-state index contributed by atoms with van der Waals surface area (Å²) in [5, 5.41) is 17.2. The van der Waals surface area contributed by atoms with Crippen LogP contribution < -0.4 is 11.1 Å². The first-order valence-electron chi connectivity index (χ1n) is 9.79. The number of carboxylic acids is 1. The van der Waals surface area contributed by atoms with E-state index < -0.39 is 35.0 Å².